The van der Waals surface area contributed by atoms with Crippen LogP contribution in [0, 0.1) is 45.8 Å². The van der Waals surface area contributed by atoms with Crippen LogP contribution in [0.5, 0.6) is 0 Å². The highest BCUT2D eigenvalue weighted by atomic mass is 16.3. The zero-order chi connectivity index (χ0) is 23.5. The van der Waals surface area contributed by atoms with Gasteiger partial charge in [0.25, 0.3) is 0 Å². The number of carbonyl (C=O) groups is 1. The van der Waals surface area contributed by atoms with Crippen LogP contribution in [0.3, 0.4) is 0 Å². The Morgan fingerprint density at radius 3 is 2.38 bits per heavy atom. The first-order chi connectivity index (χ1) is 15.0. The second-order valence-electron chi connectivity index (χ2n) is 12.9. The van der Waals surface area contributed by atoms with Crippen molar-refractivity contribution in [3.05, 3.63) is 11.1 Å². The zero-order valence-electron chi connectivity index (χ0n) is 21.5. The van der Waals surface area contributed by atoms with Crippen LogP contribution < -0.4 is 0 Å². The predicted molar refractivity (Wildman–Crippen MR) is 130 cm³/mol. The standard InChI is InChI=1S/C29H48O3/c1-7-20-11-14-28(6)22-12-15-29(17-30)16-23(32)25(18(2)3)26(29)21(22)8-9-24(28)27(20,5)13-10-19(4)31/h18-22,24,30-31H,7-17H2,1-6H3. The Hall–Kier alpha value is -0.670. The van der Waals surface area contributed by atoms with Gasteiger partial charge in [-0.15, -0.1) is 0 Å². The molecule has 0 bridgehead atoms. The number of allylic oxidation sites excluding steroid dienone is 1. The van der Waals surface area contributed by atoms with Crippen molar-refractivity contribution >= 4 is 5.78 Å². The van der Waals surface area contributed by atoms with Crippen LogP contribution in [0.2, 0.25) is 0 Å². The molecule has 3 nitrogen and oxygen atoms in total. The summed E-state index contributed by atoms with van der Waals surface area (Å²) in [6, 6.07) is 0. The van der Waals surface area contributed by atoms with E-state index < -0.39 is 0 Å². The third-order valence-electron chi connectivity index (χ3n) is 11.1. The Kier molecular flexibility index (Phi) is 6.51. The minimum absolute atomic E-state index is 0.137. The number of rotatable bonds is 6. The third kappa shape index (κ3) is 3.47. The van der Waals surface area contributed by atoms with E-state index in [1.807, 2.05) is 6.92 Å². The molecule has 4 aliphatic rings. The molecule has 0 aromatic carbocycles. The molecule has 0 heterocycles. The summed E-state index contributed by atoms with van der Waals surface area (Å²) in [5.41, 5.74) is 2.78. The Morgan fingerprint density at radius 2 is 1.78 bits per heavy atom. The Morgan fingerprint density at radius 1 is 1.06 bits per heavy atom. The van der Waals surface area contributed by atoms with Gasteiger partial charge in [-0.05, 0) is 104 Å². The van der Waals surface area contributed by atoms with Gasteiger partial charge >= 0.3 is 0 Å². The number of ketones is 1. The van der Waals surface area contributed by atoms with Crippen molar-refractivity contribution in [2.24, 2.45) is 45.8 Å². The van der Waals surface area contributed by atoms with E-state index in [9.17, 15) is 15.0 Å². The number of aliphatic hydroxyl groups is 2. The maximum Gasteiger partial charge on any atom is 0.160 e. The zero-order valence-corrected chi connectivity index (χ0v) is 21.5. The van der Waals surface area contributed by atoms with Gasteiger partial charge in [0.1, 0.15) is 0 Å². The van der Waals surface area contributed by atoms with Gasteiger partial charge < -0.3 is 10.2 Å². The number of carbonyl (C=O) groups excluding carboxylic acids is 1. The molecule has 182 valence electrons. The van der Waals surface area contributed by atoms with Crippen LogP contribution in [0.25, 0.3) is 0 Å². The highest BCUT2D eigenvalue weighted by Crippen LogP contribution is 2.70. The van der Waals surface area contributed by atoms with E-state index in [0.29, 0.717) is 35.4 Å². The summed E-state index contributed by atoms with van der Waals surface area (Å²) in [6.07, 6.45) is 10.7. The Bertz CT molecular complexity index is 766. The van der Waals surface area contributed by atoms with Crippen molar-refractivity contribution in [2.45, 2.75) is 112 Å². The van der Waals surface area contributed by atoms with Crippen LogP contribution >= 0.6 is 0 Å². The summed E-state index contributed by atoms with van der Waals surface area (Å²) < 4.78 is 0. The topological polar surface area (TPSA) is 57.5 Å². The maximum atomic E-state index is 13.1. The van der Waals surface area contributed by atoms with Gasteiger partial charge in [-0.25, -0.2) is 0 Å². The Labute approximate surface area is 196 Å². The predicted octanol–water partition coefficient (Wildman–Crippen LogP) is 6.32. The molecular weight excluding hydrogens is 396 g/mol. The normalized spacial score (nSPS) is 45.0. The van der Waals surface area contributed by atoms with E-state index in [1.54, 1.807) is 0 Å². The van der Waals surface area contributed by atoms with Gasteiger partial charge in [-0.3, -0.25) is 4.79 Å². The molecule has 2 N–H and O–H groups in total. The van der Waals surface area contributed by atoms with Crippen LogP contribution in [0.1, 0.15) is 106 Å². The van der Waals surface area contributed by atoms with Gasteiger partial charge in [0.15, 0.2) is 5.78 Å². The van der Waals surface area contributed by atoms with Gasteiger partial charge in [-0.2, -0.15) is 0 Å². The molecule has 0 aromatic heterocycles. The second kappa shape index (κ2) is 8.52. The van der Waals surface area contributed by atoms with Crippen molar-refractivity contribution in [3.63, 3.8) is 0 Å². The molecule has 0 aliphatic heterocycles. The summed E-state index contributed by atoms with van der Waals surface area (Å²) in [7, 11) is 0. The average molecular weight is 445 g/mol. The number of hydrogen-bond donors (Lipinski definition) is 2. The average Bonchev–Trinajstić information content (AvgIpc) is 3.05. The molecule has 4 aliphatic carbocycles. The molecule has 0 radical (unpaired) electrons. The summed E-state index contributed by atoms with van der Waals surface area (Å²) in [5, 5.41) is 20.6. The molecule has 3 saturated carbocycles. The quantitative estimate of drug-likeness (QED) is 0.504. The first-order valence-corrected chi connectivity index (χ1v) is 13.6. The van der Waals surface area contributed by atoms with Gasteiger partial charge in [0, 0.05) is 11.8 Å². The van der Waals surface area contributed by atoms with Crippen LogP contribution in [0.4, 0.5) is 0 Å². The fourth-order valence-corrected chi connectivity index (χ4v) is 9.62. The monoisotopic (exact) mass is 444 g/mol. The van der Waals surface area contributed by atoms with E-state index in [4.69, 9.17) is 0 Å². The lowest BCUT2D eigenvalue weighted by Crippen LogP contribution is -2.57. The fraction of sp³-hybridized carbons (Fsp3) is 0.897. The van der Waals surface area contributed by atoms with Crippen LogP contribution in [0.15, 0.2) is 11.1 Å². The lowest BCUT2D eigenvalue weighted by atomic mass is 9.40. The van der Waals surface area contributed by atoms with Crippen molar-refractivity contribution in [1.82, 2.24) is 0 Å². The van der Waals surface area contributed by atoms with Crippen molar-refractivity contribution in [1.29, 1.82) is 0 Å². The minimum atomic E-state index is -0.267. The van der Waals surface area contributed by atoms with E-state index in [1.165, 1.54) is 37.7 Å². The van der Waals surface area contributed by atoms with Gasteiger partial charge in [0.2, 0.25) is 0 Å². The first kappa shape index (κ1) is 24.5. The molecule has 0 amide bonds. The fourth-order valence-electron chi connectivity index (χ4n) is 9.62. The number of fused-ring (bicyclic) bond motifs is 5. The third-order valence-corrected chi connectivity index (χ3v) is 11.1. The SMILES string of the molecule is CCC1CCC2(C)C3CCC4(CO)CC(=O)C(C(C)C)=C4C3CCC2C1(C)CCC(C)O. The maximum absolute atomic E-state index is 13.1. The second-order valence-corrected chi connectivity index (χ2v) is 12.9. The van der Waals surface area contributed by atoms with Gasteiger partial charge in [0.05, 0.1) is 12.7 Å². The summed E-state index contributed by atoms with van der Waals surface area (Å²) in [5.74, 6) is 3.10. The molecule has 0 spiro atoms. The molecule has 0 aromatic rings. The smallest absolute Gasteiger partial charge is 0.160 e. The van der Waals surface area contributed by atoms with Gasteiger partial charge in [-0.1, -0.05) is 46.6 Å². The van der Waals surface area contributed by atoms with Crippen LogP contribution in [-0.4, -0.2) is 28.7 Å². The summed E-state index contributed by atoms with van der Waals surface area (Å²) in [4.78, 5) is 13.1. The van der Waals surface area contributed by atoms with Crippen LogP contribution in [-0.2, 0) is 4.79 Å². The molecule has 32 heavy (non-hydrogen) atoms. The molecule has 8 unspecified atom stereocenters. The minimum Gasteiger partial charge on any atom is -0.395 e. The number of Topliss-reactive ketones (excluding diaryl/α,β-unsaturated/α-hetero) is 1. The summed E-state index contributed by atoms with van der Waals surface area (Å²) in [6.45, 7) is 13.9. The van der Waals surface area contributed by atoms with Crippen molar-refractivity contribution < 1.29 is 15.0 Å². The summed E-state index contributed by atoms with van der Waals surface area (Å²) >= 11 is 0. The molecule has 0 saturated heterocycles. The van der Waals surface area contributed by atoms with E-state index >= 15 is 0 Å². The highest BCUT2D eigenvalue weighted by Gasteiger charge is 2.63. The molecule has 3 fully saturated rings. The van der Waals surface area contributed by atoms with E-state index in [2.05, 4.69) is 34.6 Å². The number of aliphatic hydroxyl groups excluding tert-OH is 2. The van der Waals surface area contributed by atoms with Crippen molar-refractivity contribution in [2.75, 3.05) is 6.61 Å². The lowest BCUT2D eigenvalue weighted by Gasteiger charge is -2.65. The molecule has 4 rings (SSSR count). The first-order valence-electron chi connectivity index (χ1n) is 13.6. The van der Waals surface area contributed by atoms with E-state index in [-0.39, 0.29) is 29.5 Å². The largest absolute Gasteiger partial charge is 0.395 e. The highest BCUT2D eigenvalue weighted by molar-refractivity contribution is 6.00. The van der Waals surface area contributed by atoms with E-state index in [0.717, 1.165) is 37.2 Å². The lowest BCUT2D eigenvalue weighted by molar-refractivity contribution is -0.146. The molecule has 3 heteroatoms. The molecular formula is C29H48O3. The Balaban J connectivity index is 1.74. The number of hydrogen-bond acceptors (Lipinski definition) is 3. The molecule has 8 atom stereocenters. The van der Waals surface area contributed by atoms with Crippen molar-refractivity contribution in [3.8, 4) is 0 Å².